The zero-order valence-corrected chi connectivity index (χ0v) is 15.6. The molecule has 0 N–H and O–H groups in total. The van der Waals surface area contributed by atoms with E-state index >= 15 is 0 Å². The first-order chi connectivity index (χ1) is 5.54. The van der Waals surface area contributed by atoms with Crippen LogP contribution in [0.1, 0.15) is 13.8 Å². The molecule has 0 aromatic rings. The summed E-state index contributed by atoms with van der Waals surface area (Å²) >= 11 is 4.93. The van der Waals surface area contributed by atoms with Gasteiger partial charge in [0, 0.05) is 0 Å². The number of nitrogens with zero attached hydrogens (tertiary/aromatic N) is 2. The molecule has 0 spiro atoms. The number of halogens is 2. The molecule has 0 heterocycles. The van der Waals surface area contributed by atoms with E-state index in [0.717, 1.165) is 13.1 Å². The molecule has 0 radical (unpaired) electrons. The van der Waals surface area contributed by atoms with Gasteiger partial charge < -0.3 is 10.6 Å². The van der Waals surface area contributed by atoms with E-state index in [4.69, 9.17) is 0 Å². The summed E-state index contributed by atoms with van der Waals surface area (Å²) in [4.78, 5) is 0. The van der Waals surface area contributed by atoms with E-state index in [0.29, 0.717) is 0 Å². The van der Waals surface area contributed by atoms with Gasteiger partial charge >= 0.3 is 49.6 Å². The summed E-state index contributed by atoms with van der Waals surface area (Å²) in [6.07, 6.45) is 0. The van der Waals surface area contributed by atoms with Crippen molar-refractivity contribution in [2.75, 3.05) is 27.2 Å². The average Bonchev–Trinajstić information content (AvgIpc) is 1.88. The van der Waals surface area contributed by atoms with Gasteiger partial charge in [0.1, 0.15) is 0 Å². The molecule has 0 aromatic carbocycles. The Labute approximate surface area is 105 Å². The Balaban J connectivity index is 0. The van der Waals surface area contributed by atoms with Crippen LogP contribution in [0.15, 0.2) is 0 Å². The molecule has 0 rings (SSSR count). The van der Waals surface area contributed by atoms with Crippen LogP contribution in [0.25, 0.3) is 10.6 Å². The molecule has 5 heteroatoms. The summed E-state index contributed by atoms with van der Waals surface area (Å²) in [6.45, 7) is 6.16. The third-order valence-electron chi connectivity index (χ3n) is 1.17. The molecule has 0 aliphatic rings. The molecule has 0 aliphatic carbocycles. The van der Waals surface area contributed by atoms with Crippen LogP contribution in [-0.2, 0) is 10.1 Å². The van der Waals surface area contributed by atoms with Gasteiger partial charge in [-0.15, -0.1) is 13.1 Å². The van der Waals surface area contributed by atoms with Gasteiger partial charge in [-0.3, -0.25) is 0 Å². The van der Waals surface area contributed by atoms with Gasteiger partial charge in [0.2, 0.25) is 0 Å². The number of rotatable bonds is 4. The van der Waals surface area contributed by atoms with E-state index in [1.165, 1.54) is 0 Å². The van der Waals surface area contributed by atoms with E-state index in [-0.39, 0.29) is 15.5 Å². The Kier molecular flexibility index (Phi) is 15.2. The quantitative estimate of drug-likeness (QED) is 0.464. The molecular weight excluding hydrogens is 431 g/mol. The molecule has 0 aliphatic heterocycles. The van der Waals surface area contributed by atoms with Gasteiger partial charge in [-0.2, -0.15) is 14.1 Å². The number of hydrogen-bond acceptors (Lipinski definition) is 0. The van der Waals surface area contributed by atoms with Crippen LogP contribution in [0.5, 0.6) is 0 Å². The molecule has 0 atom stereocenters. The van der Waals surface area contributed by atoms with Crippen molar-refractivity contribution in [2.24, 2.45) is 5.41 Å². The summed E-state index contributed by atoms with van der Waals surface area (Å²) in [5.41, 5.74) is 0.267. The maximum absolute atomic E-state index is 4.07. The third-order valence-corrected chi connectivity index (χ3v) is 1.17. The van der Waals surface area contributed by atoms with E-state index in [1.54, 1.807) is 0 Å². The summed E-state index contributed by atoms with van der Waals surface area (Å²) in [7, 11) is 3.75. The SMILES string of the molecule is C[N-]CC(C)(C)C[N-]C.[I][Zn][I]. The van der Waals surface area contributed by atoms with E-state index < -0.39 is 0 Å². The normalized spacial score (nSPS) is 9.83. The van der Waals surface area contributed by atoms with Gasteiger partial charge in [0.05, 0.1) is 0 Å². The first kappa shape index (κ1) is 16.4. The van der Waals surface area contributed by atoms with E-state index in [9.17, 15) is 0 Å². The van der Waals surface area contributed by atoms with Gasteiger partial charge in [0.25, 0.3) is 0 Å². The van der Waals surface area contributed by atoms with Crippen LogP contribution in [0.4, 0.5) is 0 Å². The van der Waals surface area contributed by atoms with E-state index in [1.807, 2.05) is 14.1 Å². The topological polar surface area (TPSA) is 28.2 Å². The Morgan fingerprint density at radius 2 is 1.33 bits per heavy atom. The summed E-state index contributed by atoms with van der Waals surface area (Å²) in [6, 6.07) is 0. The van der Waals surface area contributed by atoms with Gasteiger partial charge in [-0.05, 0) is 0 Å². The zero-order valence-electron chi connectivity index (χ0n) is 8.27. The monoisotopic (exact) mass is 446 g/mol. The van der Waals surface area contributed by atoms with Crippen molar-refractivity contribution >= 4 is 39.5 Å². The van der Waals surface area contributed by atoms with Crippen molar-refractivity contribution in [3.8, 4) is 0 Å². The van der Waals surface area contributed by atoms with Crippen molar-refractivity contribution in [1.29, 1.82) is 0 Å². The molecule has 12 heavy (non-hydrogen) atoms. The summed E-state index contributed by atoms with van der Waals surface area (Å²) < 4.78 is 0. The molecule has 0 aromatic heterocycles. The van der Waals surface area contributed by atoms with Crippen LogP contribution in [0.2, 0.25) is 0 Å². The third kappa shape index (κ3) is 14.5. The predicted octanol–water partition coefficient (Wildman–Crippen LogP) is 3.79. The van der Waals surface area contributed by atoms with Crippen molar-refractivity contribution in [2.45, 2.75) is 13.8 Å². The van der Waals surface area contributed by atoms with Crippen LogP contribution in [0, 0.1) is 5.41 Å². The van der Waals surface area contributed by atoms with Crippen molar-refractivity contribution in [3.05, 3.63) is 10.6 Å². The Bertz CT molecular complexity index is 83.5. The molecule has 0 saturated heterocycles. The molecule has 0 amide bonds. The molecule has 0 unspecified atom stereocenters. The van der Waals surface area contributed by atoms with Gasteiger partial charge in [-0.1, -0.05) is 19.3 Å². The second-order valence-corrected chi connectivity index (χ2v) is 26.7. The van der Waals surface area contributed by atoms with Crippen LogP contribution < -0.4 is 0 Å². The second-order valence-electron chi connectivity index (χ2n) is 3.21. The molecule has 0 fully saturated rings. The minimum absolute atomic E-state index is 0.0650. The fourth-order valence-corrected chi connectivity index (χ4v) is 0.906. The van der Waals surface area contributed by atoms with Crippen molar-refractivity contribution in [3.63, 3.8) is 0 Å². The van der Waals surface area contributed by atoms with Crippen LogP contribution >= 0.6 is 39.5 Å². The zero-order chi connectivity index (χ0) is 10.0. The van der Waals surface area contributed by atoms with E-state index in [2.05, 4.69) is 64.0 Å². The fraction of sp³-hybridized carbons (Fsp3) is 1.00. The predicted molar refractivity (Wildman–Crippen MR) is 70.1 cm³/mol. The first-order valence-electron chi connectivity index (χ1n) is 3.77. The maximum atomic E-state index is 4.07. The molecule has 0 bridgehead atoms. The van der Waals surface area contributed by atoms with Crippen molar-refractivity contribution in [1.82, 2.24) is 0 Å². The molecule has 0 saturated carbocycles. The minimum atomic E-state index is 0.0650. The average molecular weight is 447 g/mol. The second kappa shape index (κ2) is 11.1. The Morgan fingerprint density at radius 3 is 1.50 bits per heavy atom. The fourth-order valence-electron chi connectivity index (χ4n) is 0.906. The first-order valence-corrected chi connectivity index (χ1v) is 21.9. The summed E-state index contributed by atoms with van der Waals surface area (Å²) in [5.74, 6) is 0. The Morgan fingerprint density at radius 1 is 1.08 bits per heavy atom. The number of hydrogen-bond donors (Lipinski definition) is 0. The standard InChI is InChI=1S/C7H16N2.2HI.Zn/c1-7(2,5-8-3)6-9-4;;;/h5-6H2,1-4H3;2*1H;/q-2;;;+2/p-2. The summed E-state index contributed by atoms with van der Waals surface area (Å²) in [5, 5.41) is 8.13. The van der Waals surface area contributed by atoms with Crippen molar-refractivity contribution < 1.29 is 10.1 Å². The van der Waals surface area contributed by atoms with Gasteiger partial charge in [0.15, 0.2) is 0 Å². The molecule has 72 valence electrons. The molecular formula is C7H16I2N2Zn-2. The van der Waals surface area contributed by atoms with Crippen LogP contribution in [0.3, 0.4) is 0 Å². The van der Waals surface area contributed by atoms with Gasteiger partial charge in [-0.25, -0.2) is 0 Å². The molecule has 2 nitrogen and oxygen atoms in total. The van der Waals surface area contributed by atoms with Crippen LogP contribution in [-0.4, -0.2) is 27.2 Å². The Hall–Kier alpha value is 2.00.